The van der Waals surface area contributed by atoms with Gasteiger partial charge in [0.25, 0.3) is 0 Å². The van der Waals surface area contributed by atoms with Gasteiger partial charge in [-0.1, -0.05) is 42.5 Å². The van der Waals surface area contributed by atoms with Crippen molar-refractivity contribution in [1.82, 2.24) is 5.32 Å². The molecular formula is C13H15NO. The van der Waals surface area contributed by atoms with Gasteiger partial charge in [-0.2, -0.15) is 0 Å². The van der Waals surface area contributed by atoms with E-state index in [1.165, 1.54) is 0 Å². The Labute approximate surface area is 90.0 Å². The van der Waals surface area contributed by atoms with Gasteiger partial charge in [0.1, 0.15) is 0 Å². The lowest BCUT2D eigenvalue weighted by molar-refractivity contribution is -0.121. The summed E-state index contributed by atoms with van der Waals surface area (Å²) in [6.07, 6.45) is 6.67. The molecule has 0 aliphatic heterocycles. The van der Waals surface area contributed by atoms with Gasteiger partial charge in [-0.05, 0) is 18.4 Å². The molecule has 0 radical (unpaired) electrons. The lowest BCUT2D eigenvalue weighted by Crippen LogP contribution is -2.33. The van der Waals surface area contributed by atoms with Crippen LogP contribution in [-0.2, 0) is 11.2 Å². The summed E-state index contributed by atoms with van der Waals surface area (Å²) in [5.41, 5.74) is 1.07. The Hall–Kier alpha value is -1.57. The van der Waals surface area contributed by atoms with Crippen molar-refractivity contribution >= 4 is 5.91 Å². The molecule has 0 atom stereocenters. The average Bonchev–Trinajstić information content (AvgIpc) is 2.71. The number of rotatable bonds is 3. The Kier molecular flexibility index (Phi) is 3.18. The van der Waals surface area contributed by atoms with Crippen LogP contribution >= 0.6 is 0 Å². The number of hydrogen-bond donors (Lipinski definition) is 1. The van der Waals surface area contributed by atoms with Crippen molar-refractivity contribution in [1.29, 1.82) is 0 Å². The van der Waals surface area contributed by atoms with E-state index in [2.05, 4.69) is 17.5 Å². The highest BCUT2D eigenvalue weighted by Gasteiger charge is 2.12. The highest BCUT2D eigenvalue weighted by atomic mass is 16.1. The maximum Gasteiger partial charge on any atom is 0.224 e. The molecule has 1 amide bonds. The third-order valence-corrected chi connectivity index (χ3v) is 2.58. The number of hydrogen-bond acceptors (Lipinski definition) is 1. The molecule has 2 heteroatoms. The molecule has 2 nitrogen and oxygen atoms in total. The summed E-state index contributed by atoms with van der Waals surface area (Å²) < 4.78 is 0. The first-order valence-electron chi connectivity index (χ1n) is 5.33. The van der Waals surface area contributed by atoms with E-state index >= 15 is 0 Å². The van der Waals surface area contributed by atoms with Crippen LogP contribution in [0.15, 0.2) is 42.5 Å². The third kappa shape index (κ3) is 2.94. The molecule has 0 saturated carbocycles. The van der Waals surface area contributed by atoms with Crippen LogP contribution in [0.4, 0.5) is 0 Å². The van der Waals surface area contributed by atoms with Gasteiger partial charge in [0.15, 0.2) is 0 Å². The Morgan fingerprint density at radius 1 is 1.20 bits per heavy atom. The smallest absolute Gasteiger partial charge is 0.224 e. The van der Waals surface area contributed by atoms with Gasteiger partial charge in [-0.3, -0.25) is 4.79 Å². The van der Waals surface area contributed by atoms with Gasteiger partial charge in [0.2, 0.25) is 5.91 Å². The van der Waals surface area contributed by atoms with Gasteiger partial charge >= 0.3 is 0 Å². The second-order valence-corrected chi connectivity index (χ2v) is 3.87. The van der Waals surface area contributed by atoms with E-state index in [1.807, 2.05) is 30.3 Å². The number of carbonyl (C=O) groups excluding carboxylic acids is 1. The van der Waals surface area contributed by atoms with Crippen molar-refractivity contribution < 1.29 is 4.79 Å². The van der Waals surface area contributed by atoms with Crippen LogP contribution in [0.3, 0.4) is 0 Å². The molecule has 15 heavy (non-hydrogen) atoms. The Balaban J connectivity index is 1.82. The van der Waals surface area contributed by atoms with E-state index in [9.17, 15) is 4.79 Å². The molecule has 1 aromatic rings. The predicted octanol–water partition coefficient (Wildman–Crippen LogP) is 2.06. The van der Waals surface area contributed by atoms with E-state index in [4.69, 9.17) is 0 Å². The molecule has 0 spiro atoms. The molecule has 1 aliphatic carbocycles. The highest BCUT2D eigenvalue weighted by molar-refractivity contribution is 5.78. The normalized spacial score (nSPS) is 15.5. The van der Waals surface area contributed by atoms with Gasteiger partial charge in [0.05, 0.1) is 6.42 Å². The zero-order chi connectivity index (χ0) is 10.5. The standard InChI is InChI=1S/C13H15NO/c15-13(14-12-8-4-5-9-12)10-11-6-2-1-3-7-11/h1-7,12H,8-10H2,(H,14,15). The van der Waals surface area contributed by atoms with Gasteiger partial charge in [0, 0.05) is 6.04 Å². The maximum atomic E-state index is 11.6. The molecule has 2 rings (SSSR count). The van der Waals surface area contributed by atoms with Crippen LogP contribution in [0.1, 0.15) is 18.4 Å². The molecule has 1 aromatic carbocycles. The number of nitrogens with one attached hydrogen (secondary N) is 1. The fourth-order valence-electron chi connectivity index (χ4n) is 1.80. The topological polar surface area (TPSA) is 29.1 Å². The predicted molar refractivity (Wildman–Crippen MR) is 60.5 cm³/mol. The first kappa shape index (κ1) is 9.97. The molecule has 0 saturated heterocycles. The van der Waals surface area contributed by atoms with Crippen LogP contribution in [0.2, 0.25) is 0 Å². The first-order chi connectivity index (χ1) is 7.34. The molecular weight excluding hydrogens is 186 g/mol. The summed E-state index contributed by atoms with van der Waals surface area (Å²) in [7, 11) is 0. The zero-order valence-corrected chi connectivity index (χ0v) is 8.65. The SMILES string of the molecule is O=C(Cc1ccccc1)NC1CC=CC1. The van der Waals surface area contributed by atoms with E-state index in [-0.39, 0.29) is 5.91 Å². The summed E-state index contributed by atoms with van der Waals surface area (Å²) in [6.45, 7) is 0. The van der Waals surface area contributed by atoms with Crippen LogP contribution in [-0.4, -0.2) is 11.9 Å². The fourth-order valence-corrected chi connectivity index (χ4v) is 1.80. The first-order valence-corrected chi connectivity index (χ1v) is 5.33. The van der Waals surface area contributed by atoms with Gasteiger partial charge < -0.3 is 5.32 Å². The second-order valence-electron chi connectivity index (χ2n) is 3.87. The fraction of sp³-hybridized carbons (Fsp3) is 0.308. The van der Waals surface area contributed by atoms with E-state index < -0.39 is 0 Å². The maximum absolute atomic E-state index is 11.6. The summed E-state index contributed by atoms with van der Waals surface area (Å²) in [5.74, 6) is 0.120. The molecule has 0 bridgehead atoms. The lowest BCUT2D eigenvalue weighted by atomic mass is 10.1. The minimum absolute atomic E-state index is 0.120. The van der Waals surface area contributed by atoms with Gasteiger partial charge in [-0.15, -0.1) is 0 Å². The van der Waals surface area contributed by atoms with Crippen molar-refractivity contribution in [3.05, 3.63) is 48.0 Å². The number of amides is 1. The minimum atomic E-state index is 0.120. The zero-order valence-electron chi connectivity index (χ0n) is 8.65. The number of carbonyl (C=O) groups is 1. The summed E-state index contributed by atoms with van der Waals surface area (Å²) in [6, 6.07) is 10.2. The molecule has 0 aromatic heterocycles. The average molecular weight is 201 g/mol. The molecule has 1 aliphatic rings. The molecule has 0 unspecified atom stereocenters. The minimum Gasteiger partial charge on any atom is -0.352 e. The van der Waals surface area contributed by atoms with E-state index in [1.54, 1.807) is 0 Å². The second kappa shape index (κ2) is 4.78. The highest BCUT2D eigenvalue weighted by Crippen LogP contribution is 2.09. The van der Waals surface area contributed by atoms with E-state index in [0.29, 0.717) is 12.5 Å². The molecule has 1 N–H and O–H groups in total. The summed E-state index contributed by atoms with van der Waals surface area (Å²) in [5, 5.41) is 3.03. The third-order valence-electron chi connectivity index (χ3n) is 2.58. The quantitative estimate of drug-likeness (QED) is 0.745. The molecule has 0 fully saturated rings. The van der Waals surface area contributed by atoms with Crippen molar-refractivity contribution in [3.8, 4) is 0 Å². The van der Waals surface area contributed by atoms with Crippen molar-refractivity contribution in [2.45, 2.75) is 25.3 Å². The summed E-state index contributed by atoms with van der Waals surface area (Å²) >= 11 is 0. The van der Waals surface area contributed by atoms with Crippen LogP contribution in [0, 0.1) is 0 Å². The van der Waals surface area contributed by atoms with Crippen LogP contribution in [0.25, 0.3) is 0 Å². The van der Waals surface area contributed by atoms with Crippen molar-refractivity contribution in [2.24, 2.45) is 0 Å². The molecule has 78 valence electrons. The monoisotopic (exact) mass is 201 g/mol. The van der Waals surface area contributed by atoms with E-state index in [0.717, 1.165) is 18.4 Å². The van der Waals surface area contributed by atoms with Crippen molar-refractivity contribution in [2.75, 3.05) is 0 Å². The largest absolute Gasteiger partial charge is 0.352 e. The Morgan fingerprint density at radius 3 is 2.53 bits per heavy atom. The van der Waals surface area contributed by atoms with Crippen LogP contribution in [0.5, 0.6) is 0 Å². The Morgan fingerprint density at radius 2 is 1.87 bits per heavy atom. The molecule has 0 heterocycles. The van der Waals surface area contributed by atoms with Gasteiger partial charge in [-0.25, -0.2) is 0 Å². The van der Waals surface area contributed by atoms with Crippen molar-refractivity contribution in [3.63, 3.8) is 0 Å². The number of benzene rings is 1. The van der Waals surface area contributed by atoms with Crippen LogP contribution < -0.4 is 5.32 Å². The lowest BCUT2D eigenvalue weighted by Gasteiger charge is -2.11. The Bertz CT molecular complexity index is 348. The summed E-state index contributed by atoms with van der Waals surface area (Å²) in [4.78, 5) is 11.6.